The lowest BCUT2D eigenvalue weighted by molar-refractivity contribution is -0.142. The highest BCUT2D eigenvalue weighted by Gasteiger charge is 2.23. The van der Waals surface area contributed by atoms with E-state index in [0.29, 0.717) is 5.56 Å². The van der Waals surface area contributed by atoms with Crippen molar-refractivity contribution < 1.29 is 28.6 Å². The Bertz CT molecular complexity index is 558. The van der Waals surface area contributed by atoms with E-state index in [1.54, 1.807) is 13.0 Å². The largest absolute Gasteiger partial charge is 0.480 e. The number of hydrogen-bond donors (Lipinski definition) is 2. The van der Waals surface area contributed by atoms with Crippen LogP contribution >= 0.6 is 0 Å². The molecule has 1 aromatic rings. The van der Waals surface area contributed by atoms with Gasteiger partial charge in [0.05, 0.1) is 12.7 Å². The minimum absolute atomic E-state index is 0.138. The quantitative estimate of drug-likeness (QED) is 0.771. The summed E-state index contributed by atoms with van der Waals surface area (Å²) in [7, 11) is 1.18. The number of aryl methyl sites for hydroxylation is 1. The van der Waals surface area contributed by atoms with Crippen molar-refractivity contribution in [3.05, 3.63) is 35.1 Å². The fraction of sp³-hybridized carbons (Fsp3) is 0.357. The Hall–Kier alpha value is -2.44. The number of carboxylic acids is 1. The zero-order chi connectivity index (χ0) is 16.0. The number of aliphatic carboxylic acids is 1. The van der Waals surface area contributed by atoms with Crippen LogP contribution < -0.4 is 5.32 Å². The highest BCUT2D eigenvalue weighted by Crippen LogP contribution is 2.10. The molecule has 0 bridgehead atoms. The number of hydrogen-bond acceptors (Lipinski definition) is 4. The number of nitrogens with one attached hydrogen (secondary N) is 1. The molecule has 7 heteroatoms. The zero-order valence-electron chi connectivity index (χ0n) is 11.7. The highest BCUT2D eigenvalue weighted by molar-refractivity contribution is 5.96. The second-order valence-electron chi connectivity index (χ2n) is 4.46. The molecule has 0 radical (unpaired) electrons. The summed E-state index contributed by atoms with van der Waals surface area (Å²) < 4.78 is 18.0. The van der Waals surface area contributed by atoms with Crippen LogP contribution in [0, 0.1) is 12.7 Å². The number of ether oxygens (including phenoxy) is 1. The smallest absolute Gasteiger partial charge is 0.326 e. The predicted molar refractivity (Wildman–Crippen MR) is 71.3 cm³/mol. The van der Waals surface area contributed by atoms with Gasteiger partial charge in [-0.2, -0.15) is 0 Å². The summed E-state index contributed by atoms with van der Waals surface area (Å²) in [5.74, 6) is -3.47. The van der Waals surface area contributed by atoms with Crippen LogP contribution in [0.2, 0.25) is 0 Å². The van der Waals surface area contributed by atoms with Crippen LogP contribution in [-0.2, 0) is 14.3 Å². The maximum absolute atomic E-state index is 13.6. The number of carboxylic acid groups (broad SMARTS) is 1. The van der Waals surface area contributed by atoms with Crippen molar-refractivity contribution in [1.82, 2.24) is 5.32 Å². The molecule has 0 saturated carbocycles. The molecule has 0 unspecified atom stereocenters. The molecule has 2 N–H and O–H groups in total. The van der Waals surface area contributed by atoms with Crippen molar-refractivity contribution in [2.45, 2.75) is 25.8 Å². The lowest BCUT2D eigenvalue weighted by atomic mass is 10.1. The first kappa shape index (κ1) is 16.6. The average Bonchev–Trinajstić information content (AvgIpc) is 2.42. The van der Waals surface area contributed by atoms with Crippen LogP contribution in [-0.4, -0.2) is 36.1 Å². The third kappa shape index (κ3) is 4.87. The molecule has 6 nitrogen and oxygen atoms in total. The van der Waals surface area contributed by atoms with Crippen molar-refractivity contribution in [3.8, 4) is 0 Å². The van der Waals surface area contributed by atoms with Gasteiger partial charge in [-0.15, -0.1) is 0 Å². The third-order valence-corrected chi connectivity index (χ3v) is 2.84. The van der Waals surface area contributed by atoms with Gasteiger partial charge in [0.15, 0.2) is 0 Å². The summed E-state index contributed by atoms with van der Waals surface area (Å²) >= 11 is 0. The standard InChI is InChI=1S/C14H16FNO5/c1-8-3-4-9(10(15)7-8)13(18)16-11(14(19)20)5-6-12(17)21-2/h3-4,7,11H,5-6H2,1-2H3,(H,16,18)(H,19,20)/t11-/m1/s1. The van der Waals surface area contributed by atoms with E-state index in [4.69, 9.17) is 5.11 Å². The lowest BCUT2D eigenvalue weighted by Crippen LogP contribution is -2.41. The summed E-state index contributed by atoms with van der Waals surface area (Å²) in [6.07, 6.45) is -0.300. The molecule has 0 heterocycles. The van der Waals surface area contributed by atoms with Gasteiger partial charge in [-0.3, -0.25) is 9.59 Å². The minimum atomic E-state index is -1.31. The van der Waals surface area contributed by atoms with Gasteiger partial charge in [0.25, 0.3) is 5.91 Å². The van der Waals surface area contributed by atoms with E-state index in [-0.39, 0.29) is 18.4 Å². The Morgan fingerprint density at radius 2 is 2.05 bits per heavy atom. The zero-order valence-corrected chi connectivity index (χ0v) is 11.7. The van der Waals surface area contributed by atoms with Crippen molar-refractivity contribution in [2.24, 2.45) is 0 Å². The fourth-order valence-corrected chi connectivity index (χ4v) is 1.66. The number of esters is 1. The SMILES string of the molecule is COC(=O)CC[C@@H](NC(=O)c1ccc(C)cc1F)C(=O)O. The van der Waals surface area contributed by atoms with Crippen molar-refractivity contribution in [3.63, 3.8) is 0 Å². The Balaban J connectivity index is 2.76. The monoisotopic (exact) mass is 297 g/mol. The van der Waals surface area contributed by atoms with Gasteiger partial charge in [-0.05, 0) is 31.0 Å². The van der Waals surface area contributed by atoms with E-state index in [9.17, 15) is 18.8 Å². The number of methoxy groups -OCH3 is 1. The van der Waals surface area contributed by atoms with E-state index in [1.807, 2.05) is 0 Å². The van der Waals surface area contributed by atoms with E-state index >= 15 is 0 Å². The Labute approximate surface area is 120 Å². The molecule has 0 aliphatic carbocycles. The molecular formula is C14H16FNO5. The average molecular weight is 297 g/mol. The molecule has 21 heavy (non-hydrogen) atoms. The van der Waals surface area contributed by atoms with Gasteiger partial charge in [0.2, 0.25) is 0 Å². The maximum Gasteiger partial charge on any atom is 0.326 e. The molecular weight excluding hydrogens is 281 g/mol. The van der Waals surface area contributed by atoms with Crippen LogP contribution in [0.3, 0.4) is 0 Å². The Kier molecular flexibility index (Phi) is 5.83. The summed E-state index contributed by atoms with van der Waals surface area (Å²) in [4.78, 5) is 33.9. The topological polar surface area (TPSA) is 92.7 Å². The molecule has 1 aromatic carbocycles. The first-order chi connectivity index (χ1) is 9.85. The molecule has 1 amide bonds. The number of halogens is 1. The summed E-state index contributed by atoms with van der Waals surface area (Å²) in [6.45, 7) is 1.67. The van der Waals surface area contributed by atoms with Gasteiger partial charge in [-0.1, -0.05) is 6.07 Å². The number of carbonyl (C=O) groups is 3. The van der Waals surface area contributed by atoms with Crippen LogP contribution in [0.25, 0.3) is 0 Å². The first-order valence-corrected chi connectivity index (χ1v) is 6.21. The van der Waals surface area contributed by atoms with Gasteiger partial charge >= 0.3 is 11.9 Å². The molecule has 0 fully saturated rings. The molecule has 0 aromatic heterocycles. The molecule has 0 aliphatic rings. The molecule has 0 saturated heterocycles. The Morgan fingerprint density at radius 1 is 1.38 bits per heavy atom. The van der Waals surface area contributed by atoms with Gasteiger partial charge < -0.3 is 15.2 Å². The number of carbonyl (C=O) groups excluding carboxylic acids is 2. The number of benzene rings is 1. The molecule has 0 aliphatic heterocycles. The fourth-order valence-electron chi connectivity index (χ4n) is 1.66. The predicted octanol–water partition coefficient (Wildman–Crippen LogP) is 1.27. The third-order valence-electron chi connectivity index (χ3n) is 2.84. The van der Waals surface area contributed by atoms with E-state index < -0.39 is 29.7 Å². The second-order valence-corrected chi connectivity index (χ2v) is 4.46. The summed E-state index contributed by atoms with van der Waals surface area (Å²) in [5.41, 5.74) is 0.398. The molecule has 1 atom stereocenters. The van der Waals surface area contributed by atoms with Crippen LogP contribution in [0.15, 0.2) is 18.2 Å². The second kappa shape index (κ2) is 7.37. The first-order valence-electron chi connectivity index (χ1n) is 6.21. The van der Waals surface area contributed by atoms with Crippen LogP contribution in [0.5, 0.6) is 0 Å². The van der Waals surface area contributed by atoms with E-state index in [2.05, 4.69) is 10.1 Å². The summed E-state index contributed by atoms with van der Waals surface area (Å²) in [6, 6.07) is 2.71. The minimum Gasteiger partial charge on any atom is -0.480 e. The van der Waals surface area contributed by atoms with E-state index in [1.165, 1.54) is 19.2 Å². The van der Waals surface area contributed by atoms with Crippen LogP contribution in [0.4, 0.5) is 4.39 Å². The van der Waals surface area contributed by atoms with Crippen molar-refractivity contribution in [1.29, 1.82) is 0 Å². The molecule has 114 valence electrons. The summed E-state index contributed by atoms with van der Waals surface area (Å²) in [5, 5.41) is 11.2. The van der Waals surface area contributed by atoms with Crippen LogP contribution in [0.1, 0.15) is 28.8 Å². The number of amides is 1. The van der Waals surface area contributed by atoms with Gasteiger partial charge in [0, 0.05) is 6.42 Å². The van der Waals surface area contributed by atoms with Crippen molar-refractivity contribution in [2.75, 3.05) is 7.11 Å². The molecule has 1 rings (SSSR count). The van der Waals surface area contributed by atoms with Crippen molar-refractivity contribution >= 4 is 17.8 Å². The lowest BCUT2D eigenvalue weighted by Gasteiger charge is -2.14. The van der Waals surface area contributed by atoms with Gasteiger partial charge in [-0.25, -0.2) is 9.18 Å². The number of rotatable bonds is 6. The normalized spacial score (nSPS) is 11.6. The van der Waals surface area contributed by atoms with E-state index in [0.717, 1.165) is 0 Å². The molecule has 0 spiro atoms. The highest BCUT2D eigenvalue weighted by atomic mass is 19.1. The maximum atomic E-state index is 13.6. The Morgan fingerprint density at radius 3 is 2.57 bits per heavy atom. The van der Waals surface area contributed by atoms with Gasteiger partial charge in [0.1, 0.15) is 11.9 Å².